The summed E-state index contributed by atoms with van der Waals surface area (Å²) in [5, 5.41) is 11.7. The Morgan fingerprint density at radius 1 is 1.56 bits per heavy atom. The number of amides is 1. The fourth-order valence-corrected chi connectivity index (χ4v) is 3.09. The number of nitrogens with zero attached hydrogens (tertiary/aromatic N) is 1. The van der Waals surface area contributed by atoms with Crippen molar-refractivity contribution in [2.75, 3.05) is 12.8 Å². The molecule has 0 aliphatic heterocycles. The van der Waals surface area contributed by atoms with Gasteiger partial charge in [-0.05, 0) is 25.5 Å². The Kier molecular flexibility index (Phi) is 5.14. The molecule has 1 amide bonds. The molecule has 1 aliphatic carbocycles. The van der Waals surface area contributed by atoms with Crippen LogP contribution in [0.25, 0.3) is 0 Å². The van der Waals surface area contributed by atoms with Crippen molar-refractivity contribution >= 4 is 17.7 Å². The molecular formula is C12H20N2OS. The van der Waals surface area contributed by atoms with E-state index < -0.39 is 5.92 Å². The first-order chi connectivity index (χ1) is 7.67. The summed E-state index contributed by atoms with van der Waals surface area (Å²) in [6.45, 7) is 2.58. The third-order valence-corrected chi connectivity index (χ3v) is 4.83. The van der Waals surface area contributed by atoms with Gasteiger partial charge in [-0.1, -0.05) is 19.8 Å². The van der Waals surface area contributed by atoms with E-state index in [0.29, 0.717) is 13.0 Å². The standard InChI is InChI=1S/C12H20N2OS/c1-3-10(8-13)11(15)14-9-12(16-2)6-4-5-7-12/h10H,3-7,9H2,1-2H3,(H,14,15). The lowest BCUT2D eigenvalue weighted by molar-refractivity contribution is -0.123. The molecule has 1 aliphatic rings. The highest BCUT2D eigenvalue weighted by atomic mass is 32.2. The molecule has 0 spiro atoms. The minimum atomic E-state index is -0.486. The summed E-state index contributed by atoms with van der Waals surface area (Å²) in [7, 11) is 0. The van der Waals surface area contributed by atoms with Gasteiger partial charge in [0, 0.05) is 11.3 Å². The van der Waals surface area contributed by atoms with Crippen LogP contribution in [0.1, 0.15) is 39.0 Å². The van der Waals surface area contributed by atoms with Crippen LogP contribution in [-0.4, -0.2) is 23.5 Å². The predicted octanol–water partition coefficient (Wildman–Crippen LogP) is 2.33. The summed E-state index contributed by atoms with van der Waals surface area (Å²) in [4.78, 5) is 11.7. The normalized spacial score (nSPS) is 20.1. The summed E-state index contributed by atoms with van der Waals surface area (Å²) in [6, 6.07) is 2.04. The maximum atomic E-state index is 11.7. The fourth-order valence-electron chi connectivity index (χ4n) is 2.18. The van der Waals surface area contributed by atoms with E-state index in [1.54, 1.807) is 0 Å². The molecule has 0 saturated heterocycles. The Bertz CT molecular complexity index is 279. The highest BCUT2D eigenvalue weighted by Crippen LogP contribution is 2.39. The number of nitriles is 1. The van der Waals surface area contributed by atoms with Gasteiger partial charge in [0.25, 0.3) is 0 Å². The first-order valence-corrected chi connectivity index (χ1v) is 7.12. The van der Waals surface area contributed by atoms with Crippen LogP contribution in [0.5, 0.6) is 0 Å². The van der Waals surface area contributed by atoms with Crippen LogP contribution in [0, 0.1) is 17.2 Å². The van der Waals surface area contributed by atoms with Gasteiger partial charge in [-0.3, -0.25) is 4.79 Å². The van der Waals surface area contributed by atoms with E-state index in [0.717, 1.165) is 0 Å². The number of thioether (sulfide) groups is 1. The fraction of sp³-hybridized carbons (Fsp3) is 0.833. The summed E-state index contributed by atoms with van der Waals surface area (Å²) in [5.74, 6) is -0.592. The van der Waals surface area contributed by atoms with Crippen molar-refractivity contribution in [1.82, 2.24) is 5.32 Å². The van der Waals surface area contributed by atoms with Crippen LogP contribution in [-0.2, 0) is 4.79 Å². The summed E-state index contributed by atoms with van der Waals surface area (Å²) < 4.78 is 0.226. The first-order valence-electron chi connectivity index (χ1n) is 5.90. The van der Waals surface area contributed by atoms with E-state index >= 15 is 0 Å². The largest absolute Gasteiger partial charge is 0.354 e. The van der Waals surface area contributed by atoms with Gasteiger partial charge in [0.05, 0.1) is 6.07 Å². The molecule has 1 fully saturated rings. The summed E-state index contributed by atoms with van der Waals surface area (Å²) >= 11 is 1.85. The zero-order valence-electron chi connectivity index (χ0n) is 10.1. The van der Waals surface area contributed by atoms with Crippen LogP contribution in [0.15, 0.2) is 0 Å². The molecule has 0 aromatic carbocycles. The number of carbonyl (C=O) groups is 1. The topological polar surface area (TPSA) is 52.9 Å². The third-order valence-electron chi connectivity index (χ3n) is 3.41. The minimum Gasteiger partial charge on any atom is -0.354 e. The second-order valence-electron chi connectivity index (χ2n) is 4.40. The molecule has 3 nitrogen and oxygen atoms in total. The zero-order chi connectivity index (χ0) is 12.0. The van der Waals surface area contributed by atoms with Crippen molar-refractivity contribution in [2.45, 2.75) is 43.8 Å². The maximum absolute atomic E-state index is 11.7. The molecule has 1 atom stereocenters. The molecule has 0 radical (unpaired) electrons. The van der Waals surface area contributed by atoms with Crippen molar-refractivity contribution in [3.63, 3.8) is 0 Å². The van der Waals surface area contributed by atoms with Crippen molar-refractivity contribution in [2.24, 2.45) is 5.92 Å². The van der Waals surface area contributed by atoms with E-state index in [4.69, 9.17) is 5.26 Å². The Hall–Kier alpha value is -0.690. The Labute approximate surface area is 102 Å². The average molecular weight is 240 g/mol. The molecule has 1 saturated carbocycles. The number of hydrogen-bond donors (Lipinski definition) is 1. The lowest BCUT2D eigenvalue weighted by Gasteiger charge is -2.27. The molecule has 4 heteroatoms. The Morgan fingerprint density at radius 3 is 2.62 bits per heavy atom. The van der Waals surface area contributed by atoms with E-state index in [1.807, 2.05) is 24.8 Å². The highest BCUT2D eigenvalue weighted by Gasteiger charge is 2.33. The lowest BCUT2D eigenvalue weighted by Crippen LogP contribution is -2.40. The Balaban J connectivity index is 2.44. The van der Waals surface area contributed by atoms with Crippen molar-refractivity contribution < 1.29 is 4.79 Å². The monoisotopic (exact) mass is 240 g/mol. The molecule has 90 valence electrons. The van der Waals surface area contributed by atoms with Gasteiger partial charge >= 0.3 is 0 Å². The van der Waals surface area contributed by atoms with Crippen LogP contribution < -0.4 is 5.32 Å². The number of hydrogen-bond acceptors (Lipinski definition) is 3. The van der Waals surface area contributed by atoms with E-state index in [-0.39, 0.29) is 10.7 Å². The average Bonchev–Trinajstić information content (AvgIpc) is 2.77. The molecule has 16 heavy (non-hydrogen) atoms. The molecule has 0 heterocycles. The van der Waals surface area contributed by atoms with Crippen LogP contribution >= 0.6 is 11.8 Å². The lowest BCUT2D eigenvalue weighted by atomic mass is 10.1. The molecular weight excluding hydrogens is 220 g/mol. The molecule has 0 aromatic heterocycles. The first kappa shape index (κ1) is 13.4. The van der Waals surface area contributed by atoms with Crippen molar-refractivity contribution in [1.29, 1.82) is 5.26 Å². The number of carbonyl (C=O) groups excluding carboxylic acids is 1. The summed E-state index contributed by atoms with van der Waals surface area (Å²) in [6.07, 6.45) is 7.57. The van der Waals surface area contributed by atoms with Gasteiger partial charge < -0.3 is 5.32 Å². The van der Waals surface area contributed by atoms with E-state index in [2.05, 4.69) is 11.6 Å². The maximum Gasteiger partial charge on any atom is 0.237 e. The van der Waals surface area contributed by atoms with Gasteiger partial charge in [-0.15, -0.1) is 0 Å². The van der Waals surface area contributed by atoms with Gasteiger partial charge in [0.2, 0.25) is 5.91 Å². The van der Waals surface area contributed by atoms with Gasteiger partial charge in [-0.2, -0.15) is 17.0 Å². The number of nitrogens with one attached hydrogen (secondary N) is 1. The SMILES string of the molecule is CCC(C#N)C(=O)NCC1(SC)CCCC1. The van der Waals surface area contributed by atoms with Crippen LogP contribution in [0.4, 0.5) is 0 Å². The van der Waals surface area contributed by atoms with Crippen LogP contribution in [0.3, 0.4) is 0 Å². The Morgan fingerprint density at radius 2 is 2.19 bits per heavy atom. The zero-order valence-corrected chi connectivity index (χ0v) is 10.9. The second kappa shape index (κ2) is 6.15. The molecule has 1 N–H and O–H groups in total. The van der Waals surface area contributed by atoms with Gasteiger partial charge in [-0.25, -0.2) is 0 Å². The van der Waals surface area contributed by atoms with Gasteiger partial charge in [0.15, 0.2) is 0 Å². The van der Waals surface area contributed by atoms with E-state index in [1.165, 1.54) is 25.7 Å². The molecule has 1 rings (SSSR count). The highest BCUT2D eigenvalue weighted by molar-refractivity contribution is 8.00. The number of rotatable bonds is 5. The van der Waals surface area contributed by atoms with Gasteiger partial charge in [0.1, 0.15) is 5.92 Å². The molecule has 0 aromatic rings. The summed E-state index contributed by atoms with van der Waals surface area (Å²) in [5.41, 5.74) is 0. The smallest absolute Gasteiger partial charge is 0.237 e. The van der Waals surface area contributed by atoms with Crippen LogP contribution in [0.2, 0.25) is 0 Å². The molecule has 0 bridgehead atoms. The second-order valence-corrected chi connectivity index (χ2v) is 5.68. The van der Waals surface area contributed by atoms with E-state index in [9.17, 15) is 4.79 Å². The third kappa shape index (κ3) is 3.15. The van der Waals surface area contributed by atoms with Crippen molar-refractivity contribution in [3.05, 3.63) is 0 Å². The predicted molar refractivity (Wildman–Crippen MR) is 67.1 cm³/mol. The minimum absolute atomic E-state index is 0.106. The molecule has 1 unspecified atom stereocenters. The quantitative estimate of drug-likeness (QED) is 0.802. The van der Waals surface area contributed by atoms with Crippen molar-refractivity contribution in [3.8, 4) is 6.07 Å².